The molecule has 0 amide bonds. The Labute approximate surface area is 180 Å². The van der Waals surface area contributed by atoms with Crippen molar-refractivity contribution in [2.45, 2.75) is 6.92 Å². The number of hydrazone groups is 1. The minimum atomic E-state index is 0.0918. The molecule has 31 heavy (non-hydrogen) atoms. The van der Waals surface area contributed by atoms with E-state index in [1.807, 2.05) is 73.7 Å². The third-order valence-corrected chi connectivity index (χ3v) is 4.52. The molecule has 2 N–H and O–H groups in total. The van der Waals surface area contributed by atoms with Crippen LogP contribution in [-0.2, 0) is 0 Å². The van der Waals surface area contributed by atoms with Crippen LogP contribution in [0.4, 0.5) is 5.82 Å². The molecule has 3 aromatic carbocycles. The highest BCUT2D eigenvalue weighted by atomic mass is 16.5. The zero-order valence-electron chi connectivity index (χ0n) is 17.1. The zero-order valence-corrected chi connectivity index (χ0v) is 17.1. The number of hydrogen-bond acceptors (Lipinski definition) is 6. The van der Waals surface area contributed by atoms with E-state index in [1.165, 1.54) is 6.21 Å². The molecule has 1 aromatic heterocycles. The summed E-state index contributed by atoms with van der Waals surface area (Å²) in [4.78, 5) is 9.33. The Morgan fingerprint density at radius 2 is 1.61 bits per heavy atom. The molecule has 0 unspecified atom stereocenters. The molecule has 154 valence electrons. The fourth-order valence-corrected chi connectivity index (χ4v) is 3.03. The van der Waals surface area contributed by atoms with Crippen LogP contribution >= 0.6 is 0 Å². The zero-order chi connectivity index (χ0) is 21.5. The van der Waals surface area contributed by atoms with Gasteiger partial charge in [-0.3, -0.25) is 5.43 Å². The number of hydrogen-bond donors (Lipinski definition) is 2. The average Bonchev–Trinajstić information content (AvgIpc) is 2.82. The summed E-state index contributed by atoms with van der Waals surface area (Å²) in [7, 11) is 0. The number of phenols is 1. The van der Waals surface area contributed by atoms with E-state index in [0.29, 0.717) is 29.6 Å². The van der Waals surface area contributed by atoms with E-state index < -0.39 is 0 Å². The first-order valence-electron chi connectivity index (χ1n) is 9.98. The highest BCUT2D eigenvalue weighted by Crippen LogP contribution is 2.25. The van der Waals surface area contributed by atoms with Crippen molar-refractivity contribution in [3.63, 3.8) is 0 Å². The summed E-state index contributed by atoms with van der Waals surface area (Å²) in [6.07, 6.45) is 1.54. The van der Waals surface area contributed by atoms with Crippen molar-refractivity contribution in [1.29, 1.82) is 0 Å². The van der Waals surface area contributed by atoms with Gasteiger partial charge in [-0.1, -0.05) is 60.7 Å². The molecule has 0 spiro atoms. The molecule has 0 fully saturated rings. The van der Waals surface area contributed by atoms with Crippen molar-refractivity contribution < 1.29 is 9.84 Å². The molecule has 0 aliphatic heterocycles. The first-order chi connectivity index (χ1) is 15.2. The van der Waals surface area contributed by atoms with Crippen LogP contribution in [0.25, 0.3) is 22.6 Å². The van der Waals surface area contributed by atoms with E-state index in [2.05, 4.69) is 15.5 Å². The average molecular weight is 410 g/mol. The molecule has 0 saturated carbocycles. The molecule has 4 aromatic rings. The second kappa shape index (κ2) is 9.54. The van der Waals surface area contributed by atoms with E-state index in [9.17, 15) is 5.11 Å². The van der Waals surface area contributed by atoms with Gasteiger partial charge in [-0.15, -0.1) is 0 Å². The maximum atomic E-state index is 10.2. The van der Waals surface area contributed by atoms with Crippen LogP contribution in [0.1, 0.15) is 12.5 Å². The smallest absolute Gasteiger partial charge is 0.162 e. The second-order valence-electron chi connectivity index (χ2n) is 6.72. The summed E-state index contributed by atoms with van der Waals surface area (Å²) in [5.74, 6) is 1.85. The molecule has 4 rings (SSSR count). The Balaban J connectivity index is 1.62. The van der Waals surface area contributed by atoms with Gasteiger partial charge in [0.2, 0.25) is 0 Å². The van der Waals surface area contributed by atoms with Crippen molar-refractivity contribution in [3.05, 3.63) is 90.5 Å². The van der Waals surface area contributed by atoms with Crippen LogP contribution in [0, 0.1) is 0 Å². The van der Waals surface area contributed by atoms with Gasteiger partial charge in [0.05, 0.1) is 18.5 Å². The summed E-state index contributed by atoms with van der Waals surface area (Å²) in [5.41, 5.74) is 6.21. The van der Waals surface area contributed by atoms with Crippen LogP contribution in [0.15, 0.2) is 90.0 Å². The monoisotopic (exact) mass is 410 g/mol. The molecular formula is C25H22N4O2. The maximum Gasteiger partial charge on any atom is 0.162 e. The number of aromatic hydroxyl groups is 1. The molecule has 6 nitrogen and oxygen atoms in total. The predicted molar refractivity (Wildman–Crippen MR) is 123 cm³/mol. The summed E-state index contributed by atoms with van der Waals surface area (Å²) in [6.45, 7) is 2.43. The Morgan fingerprint density at radius 1 is 0.903 bits per heavy atom. The third-order valence-electron chi connectivity index (χ3n) is 4.52. The normalized spacial score (nSPS) is 10.9. The van der Waals surface area contributed by atoms with Gasteiger partial charge >= 0.3 is 0 Å². The summed E-state index contributed by atoms with van der Waals surface area (Å²) in [6, 6.07) is 26.7. The lowest BCUT2D eigenvalue weighted by atomic mass is 10.1. The molecule has 6 heteroatoms. The standard InChI is InChI=1S/C25H22N4O2/c1-2-31-21-14-13-20(23(30)15-21)17-26-29-24-16-22(18-9-5-3-6-10-18)27-25(28-24)19-11-7-4-8-12-19/h3-17,30H,2H2,1H3,(H,27,28,29)/b26-17+. The molecule has 0 saturated heterocycles. The highest BCUT2D eigenvalue weighted by molar-refractivity contribution is 5.84. The number of ether oxygens (including phenoxy) is 1. The number of nitrogens with one attached hydrogen (secondary N) is 1. The van der Waals surface area contributed by atoms with Gasteiger partial charge in [-0.05, 0) is 19.1 Å². The number of benzene rings is 3. The van der Waals surface area contributed by atoms with Crippen LogP contribution < -0.4 is 10.2 Å². The number of rotatable bonds is 7. The fraction of sp³-hybridized carbons (Fsp3) is 0.0800. The summed E-state index contributed by atoms with van der Waals surface area (Å²) in [5, 5.41) is 14.4. The lowest BCUT2D eigenvalue weighted by Crippen LogP contribution is -1.99. The SMILES string of the molecule is CCOc1ccc(/C=N/Nc2cc(-c3ccccc3)nc(-c3ccccc3)n2)c(O)c1. The van der Waals surface area contributed by atoms with Crippen LogP contribution in [-0.4, -0.2) is 27.9 Å². The summed E-state index contributed by atoms with van der Waals surface area (Å²) >= 11 is 0. The van der Waals surface area contributed by atoms with Crippen LogP contribution in [0.5, 0.6) is 11.5 Å². The van der Waals surface area contributed by atoms with Crippen molar-refractivity contribution in [2.24, 2.45) is 5.10 Å². The topological polar surface area (TPSA) is 79.6 Å². The molecule has 1 heterocycles. The lowest BCUT2D eigenvalue weighted by molar-refractivity contribution is 0.337. The van der Waals surface area contributed by atoms with E-state index in [4.69, 9.17) is 9.72 Å². The minimum absolute atomic E-state index is 0.0918. The Kier molecular flexibility index (Phi) is 6.18. The fourth-order valence-electron chi connectivity index (χ4n) is 3.03. The Bertz CT molecular complexity index is 1120. The van der Waals surface area contributed by atoms with Crippen molar-refractivity contribution in [2.75, 3.05) is 12.0 Å². The predicted octanol–water partition coefficient (Wildman–Crippen LogP) is 5.36. The molecule has 0 atom stereocenters. The molecule has 0 bridgehead atoms. The van der Waals surface area contributed by atoms with Gasteiger partial charge in [0.25, 0.3) is 0 Å². The number of nitrogens with zero attached hydrogens (tertiary/aromatic N) is 3. The van der Waals surface area contributed by atoms with Crippen LogP contribution in [0.3, 0.4) is 0 Å². The van der Waals surface area contributed by atoms with Gasteiger partial charge in [0.1, 0.15) is 11.5 Å². The number of anilines is 1. The molecule has 0 aliphatic carbocycles. The van der Waals surface area contributed by atoms with Crippen molar-refractivity contribution in [3.8, 4) is 34.1 Å². The van der Waals surface area contributed by atoms with Gasteiger partial charge in [0, 0.05) is 28.8 Å². The van der Waals surface area contributed by atoms with Crippen LogP contribution in [0.2, 0.25) is 0 Å². The van der Waals surface area contributed by atoms with E-state index in [0.717, 1.165) is 16.8 Å². The number of aromatic nitrogens is 2. The first kappa shape index (κ1) is 20.1. The van der Waals surface area contributed by atoms with Gasteiger partial charge in [-0.25, -0.2) is 9.97 Å². The Hall–Kier alpha value is -4.19. The van der Waals surface area contributed by atoms with Gasteiger partial charge in [0.15, 0.2) is 11.6 Å². The summed E-state index contributed by atoms with van der Waals surface area (Å²) < 4.78 is 5.39. The first-order valence-corrected chi connectivity index (χ1v) is 9.98. The third kappa shape index (κ3) is 5.05. The van der Waals surface area contributed by atoms with Gasteiger partial charge < -0.3 is 9.84 Å². The maximum absolute atomic E-state index is 10.2. The minimum Gasteiger partial charge on any atom is -0.507 e. The quantitative estimate of drug-likeness (QED) is 0.317. The van der Waals surface area contributed by atoms with Gasteiger partial charge in [-0.2, -0.15) is 5.10 Å². The van der Waals surface area contributed by atoms with E-state index >= 15 is 0 Å². The molecule has 0 radical (unpaired) electrons. The molecule has 0 aliphatic rings. The largest absolute Gasteiger partial charge is 0.507 e. The lowest BCUT2D eigenvalue weighted by Gasteiger charge is -2.08. The Morgan fingerprint density at radius 3 is 2.29 bits per heavy atom. The van der Waals surface area contributed by atoms with E-state index in [-0.39, 0.29) is 5.75 Å². The van der Waals surface area contributed by atoms with Crippen molar-refractivity contribution >= 4 is 12.0 Å². The number of phenolic OH excluding ortho intramolecular Hbond substituents is 1. The molecular weight excluding hydrogens is 388 g/mol. The highest BCUT2D eigenvalue weighted by Gasteiger charge is 2.08. The van der Waals surface area contributed by atoms with E-state index in [1.54, 1.807) is 18.2 Å². The van der Waals surface area contributed by atoms with Crippen molar-refractivity contribution in [1.82, 2.24) is 9.97 Å². The second-order valence-corrected chi connectivity index (χ2v) is 6.72.